The summed E-state index contributed by atoms with van der Waals surface area (Å²) in [5.74, 6) is 0. The number of benzene rings is 2. The maximum Gasteiger partial charge on any atom is 0.0316 e. The van der Waals surface area contributed by atoms with Gasteiger partial charge in [0.15, 0.2) is 0 Å². The zero-order chi connectivity index (χ0) is 12.8. The number of nitrogens with two attached hydrogens (primary N) is 2. The topological polar surface area (TPSA) is 52.0 Å². The van der Waals surface area contributed by atoms with Gasteiger partial charge in [-0.1, -0.05) is 36.4 Å². The number of anilines is 2. The van der Waals surface area contributed by atoms with Crippen molar-refractivity contribution in [2.45, 2.75) is 12.8 Å². The summed E-state index contributed by atoms with van der Waals surface area (Å²) < 4.78 is 0. The van der Waals surface area contributed by atoms with Crippen molar-refractivity contribution in [3.05, 3.63) is 71.8 Å². The number of allylic oxidation sites excluding steroid dienone is 2. The molecule has 0 spiro atoms. The summed E-state index contributed by atoms with van der Waals surface area (Å²) in [6, 6.07) is 16.0. The largest absolute Gasteiger partial charge is 0.399 e. The average Bonchev–Trinajstić information content (AvgIpc) is 2.37. The molecule has 0 aliphatic heterocycles. The Kier molecular flexibility index (Phi) is 4.02. The summed E-state index contributed by atoms with van der Waals surface area (Å²) >= 11 is 0. The second-order valence-corrected chi connectivity index (χ2v) is 4.37. The summed E-state index contributed by atoms with van der Waals surface area (Å²) in [6.45, 7) is 0. The second kappa shape index (κ2) is 5.92. The van der Waals surface area contributed by atoms with E-state index >= 15 is 0 Å². The molecule has 4 N–H and O–H groups in total. The highest BCUT2D eigenvalue weighted by molar-refractivity contribution is 5.41. The zero-order valence-electron chi connectivity index (χ0n) is 10.3. The quantitative estimate of drug-likeness (QED) is 0.635. The normalized spacial score (nSPS) is 10.9. The molecular formula is C16H18N2. The van der Waals surface area contributed by atoms with Crippen molar-refractivity contribution in [3.63, 3.8) is 0 Å². The van der Waals surface area contributed by atoms with Crippen LogP contribution >= 0.6 is 0 Å². The fraction of sp³-hybridized carbons (Fsp3) is 0.125. The minimum Gasteiger partial charge on any atom is -0.399 e. The van der Waals surface area contributed by atoms with Gasteiger partial charge >= 0.3 is 0 Å². The second-order valence-electron chi connectivity index (χ2n) is 4.37. The van der Waals surface area contributed by atoms with Crippen LogP contribution in [0.3, 0.4) is 0 Å². The Morgan fingerprint density at radius 1 is 0.722 bits per heavy atom. The first-order valence-corrected chi connectivity index (χ1v) is 6.08. The first-order chi connectivity index (χ1) is 8.74. The Bertz CT molecular complexity index is 527. The Morgan fingerprint density at radius 2 is 1.39 bits per heavy atom. The van der Waals surface area contributed by atoms with Crippen molar-refractivity contribution in [2.24, 2.45) is 0 Å². The van der Waals surface area contributed by atoms with Gasteiger partial charge in [-0.3, -0.25) is 0 Å². The van der Waals surface area contributed by atoms with E-state index in [1.807, 2.05) is 30.3 Å². The van der Waals surface area contributed by atoms with E-state index in [1.54, 1.807) is 0 Å². The smallest absolute Gasteiger partial charge is 0.0316 e. The molecule has 18 heavy (non-hydrogen) atoms. The van der Waals surface area contributed by atoms with Crippen LogP contribution in [0.25, 0.3) is 0 Å². The molecule has 0 aliphatic carbocycles. The molecule has 0 aromatic heterocycles. The van der Waals surface area contributed by atoms with Crippen molar-refractivity contribution < 1.29 is 0 Å². The number of hydrogen-bond donors (Lipinski definition) is 2. The minimum atomic E-state index is 0.808. The maximum absolute atomic E-state index is 5.73. The van der Waals surface area contributed by atoms with Crippen LogP contribution < -0.4 is 11.5 Å². The van der Waals surface area contributed by atoms with Crippen molar-refractivity contribution in [2.75, 3.05) is 11.5 Å². The molecule has 92 valence electrons. The van der Waals surface area contributed by atoms with Gasteiger partial charge in [0, 0.05) is 11.4 Å². The fourth-order valence-corrected chi connectivity index (χ4v) is 1.81. The van der Waals surface area contributed by atoms with Crippen LogP contribution in [0, 0.1) is 0 Å². The van der Waals surface area contributed by atoms with E-state index in [4.69, 9.17) is 11.5 Å². The fourth-order valence-electron chi connectivity index (χ4n) is 1.81. The van der Waals surface area contributed by atoms with E-state index in [2.05, 4.69) is 30.4 Å². The van der Waals surface area contributed by atoms with E-state index in [9.17, 15) is 0 Å². The molecule has 0 unspecified atom stereocenters. The molecule has 2 aromatic rings. The number of rotatable bonds is 4. The van der Waals surface area contributed by atoms with Crippen LogP contribution in [-0.2, 0) is 12.8 Å². The number of nitrogen functional groups attached to an aromatic ring is 2. The molecule has 2 heteroatoms. The lowest BCUT2D eigenvalue weighted by atomic mass is 10.1. The van der Waals surface area contributed by atoms with Crippen LogP contribution in [0.15, 0.2) is 60.7 Å². The van der Waals surface area contributed by atoms with Crippen molar-refractivity contribution in [1.29, 1.82) is 0 Å². The van der Waals surface area contributed by atoms with Crippen molar-refractivity contribution in [3.8, 4) is 0 Å². The molecule has 0 bridgehead atoms. The van der Waals surface area contributed by atoms with Crippen LogP contribution in [-0.4, -0.2) is 0 Å². The summed E-state index contributed by atoms with van der Waals surface area (Å²) in [5, 5.41) is 0. The van der Waals surface area contributed by atoms with Gasteiger partial charge in [-0.15, -0.1) is 0 Å². The summed E-state index contributed by atoms with van der Waals surface area (Å²) in [5.41, 5.74) is 15.5. The number of hydrogen-bond acceptors (Lipinski definition) is 2. The van der Waals surface area contributed by atoms with E-state index in [0.29, 0.717) is 0 Å². The zero-order valence-corrected chi connectivity index (χ0v) is 10.3. The van der Waals surface area contributed by atoms with Gasteiger partial charge in [-0.05, 0) is 48.2 Å². The van der Waals surface area contributed by atoms with Crippen molar-refractivity contribution >= 4 is 11.4 Å². The lowest BCUT2D eigenvalue weighted by molar-refractivity contribution is 1.21. The molecule has 0 fully saturated rings. The summed E-state index contributed by atoms with van der Waals surface area (Å²) in [7, 11) is 0. The molecule has 0 atom stereocenters. The first kappa shape index (κ1) is 12.2. The summed E-state index contributed by atoms with van der Waals surface area (Å²) in [4.78, 5) is 0. The third-order valence-electron chi connectivity index (χ3n) is 2.80. The van der Waals surface area contributed by atoms with Gasteiger partial charge in [-0.25, -0.2) is 0 Å². The highest BCUT2D eigenvalue weighted by Crippen LogP contribution is 2.09. The Balaban J connectivity index is 1.87. The average molecular weight is 238 g/mol. The van der Waals surface area contributed by atoms with Crippen LogP contribution in [0.2, 0.25) is 0 Å². The van der Waals surface area contributed by atoms with Gasteiger partial charge in [-0.2, -0.15) is 0 Å². The molecule has 2 aromatic carbocycles. The Morgan fingerprint density at radius 3 is 2.06 bits per heavy atom. The predicted molar refractivity (Wildman–Crippen MR) is 78.3 cm³/mol. The van der Waals surface area contributed by atoms with Gasteiger partial charge in [0.1, 0.15) is 0 Å². The van der Waals surface area contributed by atoms with E-state index in [0.717, 1.165) is 24.2 Å². The van der Waals surface area contributed by atoms with Crippen LogP contribution in [0.4, 0.5) is 11.4 Å². The maximum atomic E-state index is 5.73. The highest BCUT2D eigenvalue weighted by Gasteiger charge is 1.91. The van der Waals surface area contributed by atoms with Crippen LogP contribution in [0.5, 0.6) is 0 Å². The molecule has 0 saturated heterocycles. The van der Waals surface area contributed by atoms with Crippen molar-refractivity contribution in [1.82, 2.24) is 0 Å². The first-order valence-electron chi connectivity index (χ1n) is 6.08. The third kappa shape index (κ3) is 3.67. The molecule has 0 radical (unpaired) electrons. The monoisotopic (exact) mass is 238 g/mol. The lowest BCUT2D eigenvalue weighted by Gasteiger charge is -1.99. The van der Waals surface area contributed by atoms with E-state index in [-0.39, 0.29) is 0 Å². The third-order valence-corrected chi connectivity index (χ3v) is 2.80. The van der Waals surface area contributed by atoms with E-state index in [1.165, 1.54) is 11.1 Å². The highest BCUT2D eigenvalue weighted by atomic mass is 14.5. The Hall–Kier alpha value is -2.22. The SMILES string of the molecule is Nc1ccc(C/C=C\Cc2cccc(N)c2)cc1. The van der Waals surface area contributed by atoms with Gasteiger partial charge in [0.25, 0.3) is 0 Å². The Labute approximate surface area is 108 Å². The van der Waals surface area contributed by atoms with Gasteiger partial charge < -0.3 is 11.5 Å². The molecule has 0 aliphatic rings. The molecule has 0 saturated carbocycles. The molecule has 2 nitrogen and oxygen atoms in total. The lowest BCUT2D eigenvalue weighted by Crippen LogP contribution is -1.88. The standard InChI is InChI=1S/C16H18N2/c17-15-10-8-13(9-11-15)4-1-2-5-14-6-3-7-16(18)12-14/h1-3,6-12H,4-5,17-18H2/b2-1-. The minimum absolute atomic E-state index is 0.808. The molecule has 2 rings (SSSR count). The van der Waals surface area contributed by atoms with Crippen LogP contribution in [0.1, 0.15) is 11.1 Å². The van der Waals surface area contributed by atoms with E-state index < -0.39 is 0 Å². The van der Waals surface area contributed by atoms with Gasteiger partial charge in [0.05, 0.1) is 0 Å². The molecule has 0 heterocycles. The summed E-state index contributed by atoms with van der Waals surface area (Å²) in [6.07, 6.45) is 6.20. The molecular weight excluding hydrogens is 220 g/mol. The predicted octanol–water partition coefficient (Wildman–Crippen LogP) is 3.19. The van der Waals surface area contributed by atoms with Gasteiger partial charge in [0.2, 0.25) is 0 Å². The molecule has 0 amide bonds.